The molecule has 9 heteroatoms. The van der Waals surface area contributed by atoms with Crippen molar-refractivity contribution < 1.29 is 19.1 Å². The molecular formula is C25H25N3O6. The first kappa shape index (κ1) is 23.0. The van der Waals surface area contributed by atoms with Gasteiger partial charge in [0.1, 0.15) is 28.8 Å². The van der Waals surface area contributed by atoms with E-state index in [2.05, 4.69) is 0 Å². The van der Waals surface area contributed by atoms with Crippen LogP contribution in [0, 0.1) is 5.92 Å². The van der Waals surface area contributed by atoms with E-state index < -0.39 is 35.5 Å². The fourth-order valence-corrected chi connectivity index (χ4v) is 4.04. The maximum atomic E-state index is 13.2. The molecule has 0 fully saturated rings. The summed E-state index contributed by atoms with van der Waals surface area (Å²) in [5.41, 5.74) is 5.46. The van der Waals surface area contributed by atoms with Gasteiger partial charge in [-0.15, -0.1) is 0 Å². The molecule has 0 amide bonds. The lowest BCUT2D eigenvalue weighted by atomic mass is 9.88. The second-order valence-corrected chi connectivity index (χ2v) is 8.55. The molecule has 0 spiro atoms. The second-order valence-electron chi connectivity index (χ2n) is 8.55. The fraction of sp³-hybridized carbons (Fsp3) is 0.280. The number of hydrogen-bond acceptors (Lipinski definition) is 7. The Morgan fingerprint density at radius 2 is 1.59 bits per heavy atom. The monoisotopic (exact) mass is 463 g/mol. The zero-order valence-electron chi connectivity index (χ0n) is 19.1. The van der Waals surface area contributed by atoms with E-state index in [0.29, 0.717) is 22.6 Å². The number of fused-ring (bicyclic) bond motifs is 2. The van der Waals surface area contributed by atoms with Crippen LogP contribution in [0.3, 0.4) is 0 Å². The Balaban J connectivity index is 1.63. The molecule has 2 aromatic carbocycles. The highest BCUT2D eigenvalue weighted by Gasteiger charge is 2.34. The summed E-state index contributed by atoms with van der Waals surface area (Å²) in [7, 11) is 1.28. The molecule has 34 heavy (non-hydrogen) atoms. The minimum absolute atomic E-state index is 0.0481. The standard InChI is InChI=1S/C25H25N3O6/c1-14(2)12-28-22(26)21(23(30)27(3)25(28)32)17(29)13-33-24(31)20-15-8-4-6-10-18(15)34-19-11-7-5-9-16(19)20/h4-11,14,20H,12-13,26H2,1-3H3. The van der Waals surface area contributed by atoms with Crippen molar-refractivity contribution in [3.05, 3.63) is 86.1 Å². The Labute approximate surface area is 195 Å². The van der Waals surface area contributed by atoms with Crippen LogP contribution in [0.25, 0.3) is 0 Å². The number of hydrogen-bond donors (Lipinski definition) is 1. The summed E-state index contributed by atoms with van der Waals surface area (Å²) in [6.07, 6.45) is 0. The highest BCUT2D eigenvalue weighted by Crippen LogP contribution is 2.44. The number of esters is 1. The third-order valence-corrected chi connectivity index (χ3v) is 5.67. The van der Waals surface area contributed by atoms with Crippen LogP contribution in [0.1, 0.15) is 41.3 Å². The molecule has 0 saturated carbocycles. The number of nitrogens with two attached hydrogens (primary N) is 1. The van der Waals surface area contributed by atoms with Crippen molar-refractivity contribution in [2.75, 3.05) is 12.3 Å². The average molecular weight is 463 g/mol. The SMILES string of the molecule is CC(C)Cn1c(N)c(C(=O)COC(=O)C2c3ccccc3Oc3ccccc32)c(=O)n(C)c1=O. The number of benzene rings is 2. The number of carbonyl (C=O) groups is 2. The average Bonchev–Trinajstić information content (AvgIpc) is 2.82. The molecular weight excluding hydrogens is 438 g/mol. The first-order chi connectivity index (χ1) is 16.2. The number of ether oxygens (including phenoxy) is 2. The lowest BCUT2D eigenvalue weighted by Gasteiger charge is -2.26. The van der Waals surface area contributed by atoms with Crippen LogP contribution in [0.5, 0.6) is 11.5 Å². The van der Waals surface area contributed by atoms with Crippen LogP contribution in [0.4, 0.5) is 5.82 Å². The van der Waals surface area contributed by atoms with Crippen molar-refractivity contribution >= 4 is 17.6 Å². The number of para-hydroxylation sites is 2. The van der Waals surface area contributed by atoms with Gasteiger partial charge in [-0.05, 0) is 18.1 Å². The van der Waals surface area contributed by atoms with E-state index >= 15 is 0 Å². The van der Waals surface area contributed by atoms with Gasteiger partial charge in [-0.2, -0.15) is 0 Å². The first-order valence-corrected chi connectivity index (χ1v) is 10.9. The van der Waals surface area contributed by atoms with Gasteiger partial charge in [0, 0.05) is 24.7 Å². The molecule has 1 aliphatic heterocycles. The molecule has 1 aromatic heterocycles. The van der Waals surface area contributed by atoms with Crippen molar-refractivity contribution in [1.29, 1.82) is 0 Å². The van der Waals surface area contributed by atoms with Gasteiger partial charge in [0.15, 0.2) is 6.61 Å². The van der Waals surface area contributed by atoms with E-state index in [9.17, 15) is 19.2 Å². The molecule has 4 rings (SSSR count). The van der Waals surface area contributed by atoms with Gasteiger partial charge in [0.05, 0.1) is 0 Å². The Kier molecular flexibility index (Phi) is 6.10. The number of nitrogen functional groups attached to an aromatic ring is 1. The molecule has 3 aromatic rings. The maximum absolute atomic E-state index is 13.2. The molecule has 0 radical (unpaired) electrons. The number of anilines is 1. The Bertz CT molecular complexity index is 1360. The molecule has 176 valence electrons. The van der Waals surface area contributed by atoms with Crippen molar-refractivity contribution in [3.63, 3.8) is 0 Å². The van der Waals surface area contributed by atoms with Gasteiger partial charge in [-0.25, -0.2) is 4.79 Å². The fourth-order valence-electron chi connectivity index (χ4n) is 4.04. The summed E-state index contributed by atoms with van der Waals surface area (Å²) in [5.74, 6) is -1.39. The van der Waals surface area contributed by atoms with E-state index in [1.807, 2.05) is 13.8 Å². The van der Waals surface area contributed by atoms with Crippen LogP contribution < -0.4 is 21.7 Å². The Hall–Kier alpha value is -4.14. The van der Waals surface area contributed by atoms with Gasteiger partial charge in [0.25, 0.3) is 5.56 Å². The number of ketones is 1. The molecule has 0 unspecified atom stereocenters. The minimum Gasteiger partial charge on any atom is -0.457 e. The van der Waals surface area contributed by atoms with E-state index in [4.69, 9.17) is 15.2 Å². The minimum atomic E-state index is -0.828. The normalized spacial score (nSPS) is 12.6. The van der Waals surface area contributed by atoms with Crippen molar-refractivity contribution in [2.24, 2.45) is 13.0 Å². The lowest BCUT2D eigenvalue weighted by Crippen LogP contribution is -2.43. The van der Waals surface area contributed by atoms with Crippen molar-refractivity contribution in [1.82, 2.24) is 9.13 Å². The molecule has 0 bridgehead atoms. The highest BCUT2D eigenvalue weighted by molar-refractivity contribution is 6.01. The quantitative estimate of drug-likeness (QED) is 0.440. The smallest absolute Gasteiger partial charge is 0.332 e. The number of aromatic nitrogens is 2. The second kappa shape index (κ2) is 9.01. The van der Waals surface area contributed by atoms with Crippen molar-refractivity contribution in [2.45, 2.75) is 26.3 Å². The molecule has 0 aliphatic carbocycles. The van der Waals surface area contributed by atoms with Crippen LogP contribution in [0.15, 0.2) is 58.1 Å². The number of nitrogens with zero attached hydrogens (tertiary/aromatic N) is 2. The summed E-state index contributed by atoms with van der Waals surface area (Å²) in [5, 5.41) is 0. The Morgan fingerprint density at radius 1 is 1.03 bits per heavy atom. The zero-order valence-corrected chi connectivity index (χ0v) is 19.1. The Morgan fingerprint density at radius 3 is 2.15 bits per heavy atom. The maximum Gasteiger partial charge on any atom is 0.332 e. The third-order valence-electron chi connectivity index (χ3n) is 5.67. The van der Waals surface area contributed by atoms with E-state index in [1.54, 1.807) is 48.5 Å². The van der Waals surface area contributed by atoms with Gasteiger partial charge >= 0.3 is 11.7 Å². The first-order valence-electron chi connectivity index (χ1n) is 10.9. The predicted molar refractivity (Wildman–Crippen MR) is 125 cm³/mol. The molecule has 2 heterocycles. The molecule has 0 atom stereocenters. The largest absolute Gasteiger partial charge is 0.457 e. The van der Waals surface area contributed by atoms with Crippen LogP contribution in [-0.4, -0.2) is 27.5 Å². The topological polar surface area (TPSA) is 123 Å². The van der Waals surface area contributed by atoms with E-state index in [0.717, 1.165) is 4.57 Å². The molecule has 2 N–H and O–H groups in total. The molecule has 9 nitrogen and oxygen atoms in total. The van der Waals surface area contributed by atoms with Gasteiger partial charge < -0.3 is 15.2 Å². The van der Waals surface area contributed by atoms with Gasteiger partial charge in [-0.1, -0.05) is 50.2 Å². The zero-order chi connectivity index (χ0) is 24.6. The summed E-state index contributed by atoms with van der Waals surface area (Å²) in [6.45, 7) is 3.29. The predicted octanol–water partition coefficient (Wildman–Crippen LogP) is 2.45. The lowest BCUT2D eigenvalue weighted by molar-refractivity contribution is -0.143. The van der Waals surface area contributed by atoms with Gasteiger partial charge in [-0.3, -0.25) is 23.5 Å². The van der Waals surface area contributed by atoms with E-state index in [1.165, 1.54) is 11.6 Å². The number of carbonyl (C=O) groups excluding carboxylic acids is 2. The van der Waals surface area contributed by atoms with Crippen LogP contribution >= 0.6 is 0 Å². The third kappa shape index (κ3) is 4.00. The molecule has 0 saturated heterocycles. The van der Waals surface area contributed by atoms with Crippen molar-refractivity contribution in [3.8, 4) is 11.5 Å². The number of Topliss-reactive ketones (excluding diaryl/α,β-unsaturated/α-hetero) is 1. The van der Waals surface area contributed by atoms with Crippen LogP contribution in [-0.2, 0) is 23.1 Å². The van der Waals surface area contributed by atoms with Gasteiger partial charge in [0.2, 0.25) is 5.78 Å². The number of rotatable bonds is 6. The highest BCUT2D eigenvalue weighted by atomic mass is 16.5. The van der Waals surface area contributed by atoms with E-state index in [-0.39, 0.29) is 23.8 Å². The summed E-state index contributed by atoms with van der Waals surface area (Å²) >= 11 is 0. The van der Waals surface area contributed by atoms with Crippen LogP contribution in [0.2, 0.25) is 0 Å². The summed E-state index contributed by atoms with van der Waals surface area (Å²) in [6, 6.07) is 14.2. The summed E-state index contributed by atoms with van der Waals surface area (Å²) < 4.78 is 13.3. The summed E-state index contributed by atoms with van der Waals surface area (Å²) in [4.78, 5) is 51.2. The molecule has 1 aliphatic rings.